The van der Waals surface area contributed by atoms with E-state index in [2.05, 4.69) is 6.07 Å². The second-order valence-corrected chi connectivity index (χ2v) is 6.76. The Bertz CT molecular complexity index is 295. The van der Waals surface area contributed by atoms with Gasteiger partial charge >= 0.3 is 0 Å². The van der Waals surface area contributed by atoms with Gasteiger partial charge in [0.05, 0.1) is 12.3 Å². The van der Waals surface area contributed by atoms with Gasteiger partial charge in [-0.1, -0.05) is 6.92 Å². The Hall–Kier alpha value is -0.250. The third-order valence-electron chi connectivity index (χ3n) is 1.75. The fraction of sp³-hybridized carbons (Fsp3) is 0.875. The predicted molar refractivity (Wildman–Crippen MR) is 59.6 cm³/mol. The molecule has 0 fully saturated rings. The van der Waals surface area contributed by atoms with Crippen molar-refractivity contribution in [3.63, 3.8) is 0 Å². The first-order valence-electron chi connectivity index (χ1n) is 4.27. The molecule has 1 atom stereocenters. The summed E-state index contributed by atoms with van der Waals surface area (Å²) in [6, 6.07) is 2.08. The predicted octanol–water partition coefficient (Wildman–Crippen LogP) is 0.913. The quantitative estimate of drug-likeness (QED) is 0.688. The molecule has 0 bridgehead atoms. The first-order chi connectivity index (χ1) is 6.38. The summed E-state index contributed by atoms with van der Waals surface area (Å²) < 4.78 is 23.3. The van der Waals surface area contributed by atoms with Crippen LogP contribution >= 0.6 is 11.8 Å². The van der Waals surface area contributed by atoms with Crippen molar-refractivity contribution in [2.45, 2.75) is 18.6 Å². The topological polar surface area (TPSA) is 61.2 Å². The minimum atomic E-state index is -3.06. The molecule has 0 N–H and O–H groups in total. The van der Waals surface area contributed by atoms with Crippen LogP contribution in [0.5, 0.6) is 0 Å². The van der Waals surface area contributed by atoms with Crippen LogP contribution in [-0.2, 0) is 10.0 Å². The molecule has 0 amide bonds. The average molecular weight is 236 g/mol. The number of hydrogen-bond donors (Lipinski definition) is 0. The van der Waals surface area contributed by atoms with Crippen molar-refractivity contribution in [1.82, 2.24) is 4.31 Å². The monoisotopic (exact) mass is 236 g/mol. The van der Waals surface area contributed by atoms with Gasteiger partial charge in [0, 0.05) is 31.0 Å². The van der Waals surface area contributed by atoms with Crippen molar-refractivity contribution < 1.29 is 8.42 Å². The van der Waals surface area contributed by atoms with Gasteiger partial charge < -0.3 is 0 Å². The molecule has 0 saturated carbocycles. The molecule has 0 spiro atoms. The molecule has 0 aliphatic carbocycles. The molecule has 0 aliphatic heterocycles. The maximum absolute atomic E-state index is 11.0. The van der Waals surface area contributed by atoms with Gasteiger partial charge in [-0.15, -0.1) is 0 Å². The summed E-state index contributed by atoms with van der Waals surface area (Å²) in [5, 5.41) is 8.68. The molecule has 4 nitrogen and oxygen atoms in total. The minimum absolute atomic E-state index is 0.271. The van der Waals surface area contributed by atoms with E-state index in [1.165, 1.54) is 10.6 Å². The zero-order valence-electron chi connectivity index (χ0n) is 8.73. The average Bonchev–Trinajstić information content (AvgIpc) is 2.02. The number of sulfonamides is 1. The van der Waals surface area contributed by atoms with Gasteiger partial charge in [-0.3, -0.25) is 0 Å². The molecular formula is C8H16N2O2S2. The van der Waals surface area contributed by atoms with Gasteiger partial charge in [-0.25, -0.2) is 12.7 Å². The van der Waals surface area contributed by atoms with E-state index in [1.54, 1.807) is 18.8 Å². The number of hydrogen-bond acceptors (Lipinski definition) is 4. The first-order valence-corrected chi connectivity index (χ1v) is 7.17. The van der Waals surface area contributed by atoms with E-state index >= 15 is 0 Å². The highest BCUT2D eigenvalue weighted by Crippen LogP contribution is 2.13. The number of rotatable bonds is 6. The van der Waals surface area contributed by atoms with Crippen LogP contribution in [0, 0.1) is 11.3 Å². The van der Waals surface area contributed by atoms with Crippen molar-refractivity contribution in [3.05, 3.63) is 0 Å². The van der Waals surface area contributed by atoms with Gasteiger partial charge in [0.25, 0.3) is 0 Å². The highest BCUT2D eigenvalue weighted by atomic mass is 32.2. The van der Waals surface area contributed by atoms with E-state index in [4.69, 9.17) is 5.26 Å². The molecule has 0 aliphatic rings. The second-order valence-electron chi connectivity index (χ2n) is 3.13. The third kappa shape index (κ3) is 6.24. The van der Waals surface area contributed by atoms with Gasteiger partial charge in [-0.05, 0) is 0 Å². The molecule has 0 aromatic carbocycles. The summed E-state index contributed by atoms with van der Waals surface area (Å²) in [4.78, 5) is 0. The van der Waals surface area contributed by atoms with Crippen molar-refractivity contribution >= 4 is 21.8 Å². The van der Waals surface area contributed by atoms with Gasteiger partial charge in [0.1, 0.15) is 0 Å². The molecule has 0 heterocycles. The molecular weight excluding hydrogens is 220 g/mol. The molecule has 1 unspecified atom stereocenters. The molecule has 82 valence electrons. The standard InChI is InChI=1S/C8H16N2O2S2/c1-8(4-5-9)13-7-6-10(2)14(3,11)12/h8H,4,6-7H2,1-3H3. The van der Waals surface area contributed by atoms with Crippen LogP contribution in [0.3, 0.4) is 0 Å². The zero-order valence-corrected chi connectivity index (χ0v) is 10.4. The maximum atomic E-state index is 11.0. The fourth-order valence-electron chi connectivity index (χ4n) is 0.736. The Morgan fingerprint density at radius 1 is 1.57 bits per heavy atom. The van der Waals surface area contributed by atoms with Crippen LogP contribution in [0.15, 0.2) is 0 Å². The van der Waals surface area contributed by atoms with Gasteiger partial charge in [0.2, 0.25) is 10.0 Å². The lowest BCUT2D eigenvalue weighted by atomic mass is 10.4. The lowest BCUT2D eigenvalue weighted by molar-refractivity contribution is 0.494. The van der Waals surface area contributed by atoms with E-state index in [-0.39, 0.29) is 5.25 Å². The van der Waals surface area contributed by atoms with Crippen LogP contribution in [0.4, 0.5) is 0 Å². The van der Waals surface area contributed by atoms with Crippen molar-refractivity contribution in [1.29, 1.82) is 5.26 Å². The molecule has 0 rings (SSSR count). The van der Waals surface area contributed by atoms with E-state index in [0.717, 1.165) is 5.75 Å². The Balaban J connectivity index is 3.71. The van der Waals surface area contributed by atoms with E-state index in [1.807, 2.05) is 6.92 Å². The number of nitriles is 1. The van der Waals surface area contributed by atoms with Gasteiger partial charge in [-0.2, -0.15) is 17.0 Å². The summed E-state index contributed by atoms with van der Waals surface area (Å²) in [5.74, 6) is 0.729. The van der Waals surface area contributed by atoms with Crippen molar-refractivity contribution in [2.75, 3.05) is 25.6 Å². The lowest BCUT2D eigenvalue weighted by Gasteiger charge is -2.14. The Morgan fingerprint density at radius 3 is 2.57 bits per heavy atom. The fourth-order valence-corrected chi connectivity index (χ4v) is 2.25. The van der Waals surface area contributed by atoms with Gasteiger partial charge in [0.15, 0.2) is 0 Å². The zero-order chi connectivity index (χ0) is 11.2. The number of nitrogens with zero attached hydrogens (tertiary/aromatic N) is 2. The second kappa shape index (κ2) is 6.27. The van der Waals surface area contributed by atoms with Crippen molar-refractivity contribution in [2.24, 2.45) is 0 Å². The van der Waals surface area contributed by atoms with E-state index in [9.17, 15) is 8.42 Å². The Kier molecular flexibility index (Phi) is 6.16. The summed E-state index contributed by atoms with van der Waals surface area (Å²) in [6.07, 6.45) is 1.70. The smallest absolute Gasteiger partial charge is 0.210 e. The SMILES string of the molecule is CC(CC#N)SCCN(C)S(C)(=O)=O. The molecule has 0 radical (unpaired) electrons. The molecule has 0 aromatic heterocycles. The molecule has 0 saturated heterocycles. The van der Waals surface area contributed by atoms with Crippen LogP contribution in [-0.4, -0.2) is 43.6 Å². The highest BCUT2D eigenvalue weighted by molar-refractivity contribution is 7.99. The van der Waals surface area contributed by atoms with Crippen molar-refractivity contribution in [3.8, 4) is 6.07 Å². The molecule has 0 aromatic rings. The molecule has 14 heavy (non-hydrogen) atoms. The summed E-state index contributed by atoms with van der Waals surface area (Å²) in [6.45, 7) is 2.47. The normalized spacial score (nSPS) is 13.9. The van der Waals surface area contributed by atoms with Crippen LogP contribution in [0.1, 0.15) is 13.3 Å². The van der Waals surface area contributed by atoms with Crippen LogP contribution in [0.25, 0.3) is 0 Å². The highest BCUT2D eigenvalue weighted by Gasteiger charge is 2.10. The van der Waals surface area contributed by atoms with Crippen LogP contribution in [0.2, 0.25) is 0 Å². The maximum Gasteiger partial charge on any atom is 0.210 e. The Labute approximate surface area is 90.3 Å². The first kappa shape index (κ1) is 13.8. The molecule has 6 heteroatoms. The summed E-state index contributed by atoms with van der Waals surface area (Å²) >= 11 is 1.62. The van der Waals surface area contributed by atoms with E-state index in [0.29, 0.717) is 13.0 Å². The Morgan fingerprint density at radius 2 is 2.14 bits per heavy atom. The number of thioether (sulfide) groups is 1. The lowest BCUT2D eigenvalue weighted by Crippen LogP contribution is -2.28. The van der Waals surface area contributed by atoms with Crippen LogP contribution < -0.4 is 0 Å². The largest absolute Gasteiger partial charge is 0.213 e. The third-order valence-corrected chi connectivity index (χ3v) is 4.22. The summed E-state index contributed by atoms with van der Waals surface area (Å²) in [7, 11) is -1.50. The minimum Gasteiger partial charge on any atom is -0.213 e. The van der Waals surface area contributed by atoms with E-state index < -0.39 is 10.0 Å². The summed E-state index contributed by atoms with van der Waals surface area (Å²) in [5.41, 5.74) is 0.